The molecule has 1 aromatic rings. The molecule has 0 spiro atoms. The third-order valence-electron chi connectivity index (χ3n) is 4.45. The van der Waals surface area contributed by atoms with Gasteiger partial charge in [0.2, 0.25) is 0 Å². The number of nitriles is 1. The Bertz CT molecular complexity index is 675. The van der Waals surface area contributed by atoms with Crippen LogP contribution in [-0.4, -0.2) is 36.7 Å². The van der Waals surface area contributed by atoms with Gasteiger partial charge in [0.25, 0.3) is 5.91 Å². The molecule has 0 aliphatic heterocycles. The molecule has 2 rings (SSSR count). The van der Waals surface area contributed by atoms with E-state index in [4.69, 9.17) is 14.2 Å². The first kappa shape index (κ1) is 20.6. The molecule has 1 aliphatic carbocycles. The Kier molecular flexibility index (Phi) is 7.47. The number of nitrogens with one attached hydrogen (secondary N) is 1. The Labute approximate surface area is 159 Å². The van der Waals surface area contributed by atoms with Crippen molar-refractivity contribution in [3.05, 3.63) is 24.3 Å². The maximum Gasteiger partial charge on any atom is 0.344 e. The van der Waals surface area contributed by atoms with Crippen molar-refractivity contribution in [2.45, 2.75) is 57.6 Å². The predicted octanol–water partition coefficient (Wildman–Crippen LogP) is 2.74. The maximum absolute atomic E-state index is 12.3. The summed E-state index contributed by atoms with van der Waals surface area (Å²) >= 11 is 0. The fraction of sp³-hybridized carbons (Fsp3) is 0.550. The first-order chi connectivity index (χ1) is 13.0. The summed E-state index contributed by atoms with van der Waals surface area (Å²) in [7, 11) is 0. The van der Waals surface area contributed by atoms with Gasteiger partial charge in [-0.3, -0.25) is 4.79 Å². The average molecular weight is 374 g/mol. The van der Waals surface area contributed by atoms with Crippen molar-refractivity contribution in [1.29, 1.82) is 5.26 Å². The van der Waals surface area contributed by atoms with Crippen molar-refractivity contribution in [2.24, 2.45) is 0 Å². The Morgan fingerprint density at radius 2 is 1.74 bits per heavy atom. The highest BCUT2D eigenvalue weighted by atomic mass is 16.6. The summed E-state index contributed by atoms with van der Waals surface area (Å²) < 4.78 is 15.8. The number of carbonyl (C=O) groups is 2. The van der Waals surface area contributed by atoms with Gasteiger partial charge >= 0.3 is 5.97 Å². The summed E-state index contributed by atoms with van der Waals surface area (Å²) in [6, 6.07) is 9.07. The molecule has 1 aromatic carbocycles. The zero-order valence-electron chi connectivity index (χ0n) is 15.8. The predicted molar refractivity (Wildman–Crippen MR) is 98.2 cm³/mol. The molecule has 7 heteroatoms. The van der Waals surface area contributed by atoms with E-state index in [0.717, 1.165) is 19.3 Å². The number of amides is 1. The van der Waals surface area contributed by atoms with Crippen LogP contribution in [0.25, 0.3) is 0 Å². The van der Waals surface area contributed by atoms with Gasteiger partial charge in [-0.1, -0.05) is 19.3 Å². The van der Waals surface area contributed by atoms with E-state index in [1.807, 2.05) is 6.92 Å². The molecule has 0 bridgehead atoms. The standard InChI is InChI=1S/C20H26N2O5/c1-3-25-16-7-9-17(10-8-16)26-13-18(23)27-15(2)19(24)22-20(14-21)11-5-4-6-12-20/h7-10,15H,3-6,11-13H2,1-2H3,(H,22,24)/t15-/m1/s1. The van der Waals surface area contributed by atoms with Crippen LogP contribution in [0.4, 0.5) is 0 Å². The fourth-order valence-electron chi connectivity index (χ4n) is 2.98. The minimum atomic E-state index is -0.992. The lowest BCUT2D eigenvalue weighted by molar-refractivity contribution is -0.157. The molecule has 1 fully saturated rings. The quantitative estimate of drug-likeness (QED) is 0.703. The normalized spacial score (nSPS) is 16.5. The van der Waals surface area contributed by atoms with Gasteiger partial charge in [-0.25, -0.2) is 4.79 Å². The summed E-state index contributed by atoms with van der Waals surface area (Å²) in [5.74, 6) is 0.0963. The second kappa shape index (κ2) is 9.81. The summed E-state index contributed by atoms with van der Waals surface area (Å²) in [6.07, 6.45) is 3.12. The van der Waals surface area contributed by atoms with E-state index < -0.39 is 23.5 Å². The van der Waals surface area contributed by atoms with E-state index in [2.05, 4.69) is 11.4 Å². The number of nitrogens with zero attached hydrogens (tertiary/aromatic N) is 1. The van der Waals surface area contributed by atoms with Crippen molar-refractivity contribution < 1.29 is 23.8 Å². The molecule has 1 N–H and O–H groups in total. The first-order valence-corrected chi connectivity index (χ1v) is 9.26. The highest BCUT2D eigenvalue weighted by Gasteiger charge is 2.35. The molecule has 1 saturated carbocycles. The second-order valence-corrected chi connectivity index (χ2v) is 6.57. The number of carbonyl (C=O) groups excluding carboxylic acids is 2. The van der Waals surface area contributed by atoms with Gasteiger partial charge < -0.3 is 19.5 Å². The van der Waals surface area contributed by atoms with Gasteiger partial charge in [-0.2, -0.15) is 5.26 Å². The molecule has 0 radical (unpaired) electrons. The zero-order valence-corrected chi connectivity index (χ0v) is 15.8. The maximum atomic E-state index is 12.3. The van der Waals surface area contributed by atoms with Crippen molar-refractivity contribution in [2.75, 3.05) is 13.2 Å². The number of hydrogen-bond acceptors (Lipinski definition) is 6. The number of benzene rings is 1. The van der Waals surface area contributed by atoms with E-state index in [1.54, 1.807) is 24.3 Å². The number of rotatable bonds is 8. The van der Waals surface area contributed by atoms with Crippen molar-refractivity contribution in [3.63, 3.8) is 0 Å². The smallest absolute Gasteiger partial charge is 0.344 e. The molecule has 1 atom stereocenters. The molecule has 7 nitrogen and oxygen atoms in total. The molecule has 0 heterocycles. The Balaban J connectivity index is 1.78. The SMILES string of the molecule is CCOc1ccc(OCC(=O)O[C@H](C)C(=O)NC2(C#N)CCCCC2)cc1. The summed E-state index contributed by atoms with van der Waals surface area (Å²) in [4.78, 5) is 24.2. The van der Waals surface area contributed by atoms with Crippen LogP contribution in [0.5, 0.6) is 11.5 Å². The molecule has 27 heavy (non-hydrogen) atoms. The highest BCUT2D eigenvalue weighted by Crippen LogP contribution is 2.27. The molecule has 0 saturated heterocycles. The van der Waals surface area contributed by atoms with Crippen molar-refractivity contribution in [1.82, 2.24) is 5.32 Å². The summed E-state index contributed by atoms with van der Waals surface area (Å²) in [5, 5.41) is 12.2. The number of ether oxygens (including phenoxy) is 3. The largest absolute Gasteiger partial charge is 0.494 e. The van der Waals surface area contributed by atoms with Gasteiger partial charge in [0, 0.05) is 0 Å². The fourth-order valence-corrected chi connectivity index (χ4v) is 2.98. The Morgan fingerprint density at radius 3 is 2.30 bits per heavy atom. The van der Waals surface area contributed by atoms with E-state index in [0.29, 0.717) is 30.9 Å². The molecular formula is C20H26N2O5. The van der Waals surface area contributed by atoms with Crippen molar-refractivity contribution >= 4 is 11.9 Å². The van der Waals surface area contributed by atoms with Crippen LogP contribution in [0.3, 0.4) is 0 Å². The van der Waals surface area contributed by atoms with Gasteiger partial charge in [-0.05, 0) is 51.0 Å². The van der Waals surface area contributed by atoms with Crippen LogP contribution in [0.15, 0.2) is 24.3 Å². The molecule has 1 amide bonds. The third-order valence-corrected chi connectivity index (χ3v) is 4.45. The Morgan fingerprint density at radius 1 is 1.15 bits per heavy atom. The van der Waals surface area contributed by atoms with E-state index in [9.17, 15) is 14.9 Å². The lowest BCUT2D eigenvalue weighted by atomic mass is 9.83. The van der Waals surface area contributed by atoms with Crippen LogP contribution in [0.1, 0.15) is 46.0 Å². The van der Waals surface area contributed by atoms with Crippen molar-refractivity contribution in [3.8, 4) is 17.6 Å². The topological polar surface area (TPSA) is 97.7 Å². The highest BCUT2D eigenvalue weighted by molar-refractivity contribution is 5.84. The van der Waals surface area contributed by atoms with Crippen LogP contribution in [-0.2, 0) is 14.3 Å². The van der Waals surface area contributed by atoms with Crippen LogP contribution >= 0.6 is 0 Å². The Hall–Kier alpha value is -2.75. The van der Waals surface area contributed by atoms with Crippen LogP contribution in [0.2, 0.25) is 0 Å². The number of hydrogen-bond donors (Lipinski definition) is 1. The van der Waals surface area contributed by atoms with E-state index in [1.165, 1.54) is 6.92 Å². The van der Waals surface area contributed by atoms with Gasteiger partial charge in [0.05, 0.1) is 12.7 Å². The molecule has 146 valence electrons. The zero-order chi connectivity index (χ0) is 19.7. The lowest BCUT2D eigenvalue weighted by Gasteiger charge is -2.32. The minimum absolute atomic E-state index is 0.311. The monoisotopic (exact) mass is 374 g/mol. The number of esters is 1. The average Bonchev–Trinajstić information content (AvgIpc) is 2.68. The lowest BCUT2D eigenvalue weighted by Crippen LogP contribution is -2.52. The van der Waals surface area contributed by atoms with E-state index in [-0.39, 0.29) is 6.61 Å². The molecule has 1 aliphatic rings. The minimum Gasteiger partial charge on any atom is -0.494 e. The van der Waals surface area contributed by atoms with E-state index >= 15 is 0 Å². The first-order valence-electron chi connectivity index (χ1n) is 9.26. The molecule has 0 unspecified atom stereocenters. The van der Waals surface area contributed by atoms with Gasteiger partial charge in [-0.15, -0.1) is 0 Å². The van der Waals surface area contributed by atoms with Crippen LogP contribution in [0, 0.1) is 11.3 Å². The van der Waals surface area contributed by atoms with Gasteiger partial charge in [0.15, 0.2) is 12.7 Å². The molecular weight excluding hydrogens is 348 g/mol. The molecule has 0 aromatic heterocycles. The summed E-state index contributed by atoms with van der Waals surface area (Å²) in [6.45, 7) is 3.64. The summed E-state index contributed by atoms with van der Waals surface area (Å²) in [5.41, 5.74) is -0.852. The second-order valence-electron chi connectivity index (χ2n) is 6.57. The van der Waals surface area contributed by atoms with Gasteiger partial charge in [0.1, 0.15) is 17.0 Å². The third kappa shape index (κ3) is 6.17. The van der Waals surface area contributed by atoms with Crippen LogP contribution < -0.4 is 14.8 Å².